The molecular weight excluding hydrogens is 258 g/mol. The molecule has 100 valence electrons. The molecule has 1 fully saturated rings. The third-order valence-electron chi connectivity index (χ3n) is 3.58. The molecule has 2 atom stereocenters. The first-order valence-corrected chi connectivity index (χ1v) is 7.46. The first kappa shape index (κ1) is 12.6. The van der Waals surface area contributed by atoms with Gasteiger partial charge in [0.25, 0.3) is 0 Å². The molecule has 0 saturated carbocycles. The summed E-state index contributed by atoms with van der Waals surface area (Å²) in [5, 5.41) is 8.53. The molecule has 3 heterocycles. The summed E-state index contributed by atoms with van der Waals surface area (Å²) in [6, 6.07) is 4.84. The lowest BCUT2D eigenvalue weighted by molar-refractivity contribution is -0.122. The Labute approximate surface area is 116 Å². The molecule has 4 nitrogen and oxygen atoms in total. The van der Waals surface area contributed by atoms with Crippen LogP contribution in [0.5, 0.6) is 0 Å². The summed E-state index contributed by atoms with van der Waals surface area (Å²) >= 11 is 1.72. The maximum Gasteiger partial charge on any atom is 0.220 e. The molecule has 3 rings (SSSR count). The van der Waals surface area contributed by atoms with Crippen molar-refractivity contribution in [3.05, 3.63) is 29.3 Å². The summed E-state index contributed by atoms with van der Waals surface area (Å²) in [6.45, 7) is 2.87. The van der Waals surface area contributed by atoms with E-state index in [9.17, 15) is 4.79 Å². The largest absolute Gasteiger partial charge is 0.355 e. The zero-order chi connectivity index (χ0) is 13.2. The number of fused-ring (bicyclic) bond motifs is 1. The van der Waals surface area contributed by atoms with Crippen molar-refractivity contribution in [3.63, 3.8) is 0 Å². The smallest absolute Gasteiger partial charge is 0.220 e. The van der Waals surface area contributed by atoms with E-state index < -0.39 is 0 Å². The molecule has 0 spiro atoms. The Bertz CT molecular complexity index is 585. The number of hydrogen-bond donors (Lipinski definition) is 2. The molecule has 2 aromatic rings. The Hall–Kier alpha value is -1.46. The summed E-state index contributed by atoms with van der Waals surface area (Å²) in [5.41, 5.74) is 2.26. The normalized spacial score (nSPS) is 21.3. The average molecular weight is 275 g/mol. The van der Waals surface area contributed by atoms with Crippen molar-refractivity contribution in [3.8, 4) is 0 Å². The molecule has 19 heavy (non-hydrogen) atoms. The van der Waals surface area contributed by atoms with Crippen molar-refractivity contribution in [2.75, 3.05) is 6.54 Å². The highest BCUT2D eigenvalue weighted by Crippen LogP contribution is 2.23. The Morgan fingerprint density at radius 1 is 1.58 bits per heavy atom. The lowest BCUT2D eigenvalue weighted by Gasteiger charge is -2.27. The van der Waals surface area contributed by atoms with Gasteiger partial charge in [0, 0.05) is 31.2 Å². The molecule has 1 saturated heterocycles. The van der Waals surface area contributed by atoms with E-state index in [-0.39, 0.29) is 11.9 Å². The highest BCUT2D eigenvalue weighted by molar-refractivity contribution is 7.17. The lowest BCUT2D eigenvalue weighted by atomic mass is 10.0. The number of amides is 1. The van der Waals surface area contributed by atoms with Crippen molar-refractivity contribution in [2.45, 2.75) is 31.8 Å². The van der Waals surface area contributed by atoms with Crippen LogP contribution < -0.4 is 10.6 Å². The van der Waals surface area contributed by atoms with Crippen LogP contribution in [0, 0.1) is 0 Å². The first-order valence-electron chi connectivity index (χ1n) is 6.58. The van der Waals surface area contributed by atoms with Gasteiger partial charge < -0.3 is 10.6 Å². The van der Waals surface area contributed by atoms with E-state index in [0.29, 0.717) is 12.5 Å². The number of thiophene rings is 1. The molecule has 2 aromatic heterocycles. The molecule has 2 N–H and O–H groups in total. The predicted molar refractivity (Wildman–Crippen MR) is 77.2 cm³/mol. The number of carbonyl (C=O) groups excluding carboxylic acids is 1. The molecule has 0 radical (unpaired) electrons. The predicted octanol–water partition coefficient (Wildman–Crippen LogP) is 2.23. The second kappa shape index (κ2) is 5.27. The van der Waals surface area contributed by atoms with Gasteiger partial charge in [0.05, 0.1) is 10.2 Å². The van der Waals surface area contributed by atoms with Gasteiger partial charge in [0.1, 0.15) is 0 Å². The number of aromatic nitrogens is 1. The fourth-order valence-corrected chi connectivity index (χ4v) is 3.21. The average Bonchev–Trinajstić information content (AvgIpc) is 2.88. The van der Waals surface area contributed by atoms with Crippen LogP contribution in [0.4, 0.5) is 0 Å². The number of pyridine rings is 1. The molecule has 0 bridgehead atoms. The molecule has 0 aliphatic carbocycles. The summed E-state index contributed by atoms with van der Waals surface area (Å²) in [7, 11) is 0. The summed E-state index contributed by atoms with van der Waals surface area (Å²) in [4.78, 5) is 15.6. The van der Waals surface area contributed by atoms with Gasteiger partial charge in [0.15, 0.2) is 0 Å². The van der Waals surface area contributed by atoms with Gasteiger partial charge in [-0.05, 0) is 36.4 Å². The van der Waals surface area contributed by atoms with E-state index in [0.717, 1.165) is 18.5 Å². The van der Waals surface area contributed by atoms with Crippen LogP contribution in [0.2, 0.25) is 0 Å². The Morgan fingerprint density at radius 3 is 3.26 bits per heavy atom. The van der Waals surface area contributed by atoms with E-state index >= 15 is 0 Å². The highest BCUT2D eigenvalue weighted by Gasteiger charge is 2.20. The fourth-order valence-electron chi connectivity index (χ4n) is 2.42. The third-order valence-corrected chi connectivity index (χ3v) is 4.43. The molecule has 2 unspecified atom stereocenters. The summed E-state index contributed by atoms with van der Waals surface area (Å²) < 4.78 is 1.23. The molecule has 1 aliphatic rings. The lowest BCUT2D eigenvalue weighted by Crippen LogP contribution is -2.46. The standard InChI is InChI=1S/C14H17N3OS/c1-9(17-11-2-3-14(18)16-8-11)10-6-13-12(15-7-10)4-5-19-13/h4-7,9,11,17H,2-3,8H2,1H3,(H,16,18). The maximum absolute atomic E-state index is 11.1. The number of nitrogens with one attached hydrogen (secondary N) is 2. The Kier molecular flexibility index (Phi) is 3.48. The van der Waals surface area contributed by atoms with Crippen LogP contribution in [0.1, 0.15) is 31.4 Å². The van der Waals surface area contributed by atoms with E-state index in [1.807, 2.05) is 12.3 Å². The summed E-state index contributed by atoms with van der Waals surface area (Å²) in [5.74, 6) is 0.160. The zero-order valence-electron chi connectivity index (χ0n) is 10.8. The number of nitrogens with zero attached hydrogens (tertiary/aromatic N) is 1. The van der Waals surface area contributed by atoms with Gasteiger partial charge in [0.2, 0.25) is 5.91 Å². The molecule has 0 aromatic carbocycles. The number of piperidine rings is 1. The monoisotopic (exact) mass is 275 g/mol. The summed E-state index contributed by atoms with van der Waals surface area (Å²) in [6.07, 6.45) is 3.46. The fraction of sp³-hybridized carbons (Fsp3) is 0.429. The quantitative estimate of drug-likeness (QED) is 0.903. The minimum absolute atomic E-state index is 0.160. The topological polar surface area (TPSA) is 54.0 Å². The van der Waals surface area contributed by atoms with Crippen LogP contribution in [0.15, 0.2) is 23.7 Å². The second-order valence-corrected chi connectivity index (χ2v) is 5.95. The van der Waals surface area contributed by atoms with Gasteiger partial charge in [-0.2, -0.15) is 0 Å². The third kappa shape index (κ3) is 2.77. The van der Waals surface area contributed by atoms with Gasteiger partial charge in [-0.25, -0.2) is 0 Å². The van der Waals surface area contributed by atoms with Crippen LogP contribution >= 0.6 is 11.3 Å². The van der Waals surface area contributed by atoms with E-state index in [4.69, 9.17) is 0 Å². The molecule has 1 aliphatic heterocycles. The first-order chi connectivity index (χ1) is 9.22. The van der Waals surface area contributed by atoms with Crippen molar-refractivity contribution >= 4 is 27.5 Å². The minimum Gasteiger partial charge on any atom is -0.355 e. The Morgan fingerprint density at radius 2 is 2.47 bits per heavy atom. The van der Waals surface area contributed by atoms with E-state index in [1.165, 1.54) is 10.3 Å². The van der Waals surface area contributed by atoms with Gasteiger partial charge in [-0.15, -0.1) is 11.3 Å². The minimum atomic E-state index is 0.160. The van der Waals surface area contributed by atoms with Crippen molar-refractivity contribution < 1.29 is 4.79 Å². The number of hydrogen-bond acceptors (Lipinski definition) is 4. The number of carbonyl (C=O) groups is 1. The van der Waals surface area contributed by atoms with Crippen molar-refractivity contribution in [2.24, 2.45) is 0 Å². The number of rotatable bonds is 3. The van der Waals surface area contributed by atoms with Crippen LogP contribution in [0.3, 0.4) is 0 Å². The maximum atomic E-state index is 11.1. The van der Waals surface area contributed by atoms with E-state index in [2.05, 4.69) is 34.0 Å². The van der Waals surface area contributed by atoms with Crippen LogP contribution in [0.25, 0.3) is 10.2 Å². The Balaban J connectivity index is 1.69. The van der Waals surface area contributed by atoms with Gasteiger partial charge >= 0.3 is 0 Å². The molecule has 1 amide bonds. The molecular formula is C14H17N3OS. The van der Waals surface area contributed by atoms with Crippen molar-refractivity contribution in [1.82, 2.24) is 15.6 Å². The highest BCUT2D eigenvalue weighted by atomic mass is 32.1. The second-order valence-electron chi connectivity index (χ2n) is 5.00. The van der Waals surface area contributed by atoms with Gasteiger partial charge in [-0.1, -0.05) is 0 Å². The van der Waals surface area contributed by atoms with Crippen LogP contribution in [-0.2, 0) is 4.79 Å². The van der Waals surface area contributed by atoms with Crippen LogP contribution in [-0.4, -0.2) is 23.5 Å². The SMILES string of the molecule is CC(NC1CCC(=O)NC1)c1cnc2ccsc2c1. The van der Waals surface area contributed by atoms with Crippen molar-refractivity contribution in [1.29, 1.82) is 0 Å². The van der Waals surface area contributed by atoms with E-state index in [1.54, 1.807) is 11.3 Å². The van der Waals surface area contributed by atoms with Gasteiger partial charge in [-0.3, -0.25) is 9.78 Å². The zero-order valence-corrected chi connectivity index (χ0v) is 11.7. The molecule has 5 heteroatoms.